The molecule has 30 aromatic rings. The van der Waals surface area contributed by atoms with Crippen LogP contribution in [0.2, 0.25) is 0 Å². The molecule has 0 spiro atoms. The normalized spacial score (nSPS) is 11.6. The maximum Gasteiger partial charge on any atom is 0.227 e. The van der Waals surface area contributed by atoms with Gasteiger partial charge in [0.05, 0.1) is 16.6 Å². The van der Waals surface area contributed by atoms with Gasteiger partial charge in [-0.3, -0.25) is 9.97 Å². The fraction of sp³-hybridized carbons (Fsp3) is 0. The third-order valence-electron chi connectivity index (χ3n) is 27.7. The van der Waals surface area contributed by atoms with Gasteiger partial charge in [0.1, 0.15) is 50.2 Å². The summed E-state index contributed by atoms with van der Waals surface area (Å²) in [6, 6.07) is 156. The Morgan fingerprint density at radius 1 is 0.134 bits per heavy atom. The number of benzene rings is 19. The summed E-state index contributed by atoms with van der Waals surface area (Å²) in [4.78, 5) is 59.3. The summed E-state index contributed by atoms with van der Waals surface area (Å²) in [5.41, 5.74) is 29.7. The van der Waals surface area contributed by atoms with Gasteiger partial charge in [-0.05, 0) is 171 Å². The highest BCUT2D eigenvalue weighted by Gasteiger charge is 2.25. The summed E-state index contributed by atoms with van der Waals surface area (Å²) in [5, 5.41) is 13.7. The molecule has 11 heterocycles. The average molecular weight is 1910 g/mol. The van der Waals surface area contributed by atoms with Gasteiger partial charge < -0.3 is 22.1 Å². The fourth-order valence-corrected chi connectivity index (χ4v) is 20.5. The second-order valence-corrected chi connectivity index (χ2v) is 36.8. The standard InChI is InChI=1S/C48H28N4O2.C42H24N4O2.C42H26N4O/c1-2-9-29(10-3-1)30-18-20-31(21-19-30)46-50-47(52-48(51-46)35-22-23-38-37-14-4-5-16-41(37)53-43(38)27-35)34-12-6-11-32(25-34)36-15-7-17-42-45(36)39-28-40-33(13-8-24-49-40)26-44(39)54-42;1-2-9-25(10-3-1)40-44-41(46-42(45-40)29-18-19-32-31-14-4-5-16-35(31)47-37(32)23-29)28-12-6-11-26(21-28)30-15-7-17-36-39(30)33-24-34-27(13-8-20-43-34)22-38(33)48-36;1-3-12-27(13-4-1)32-17-8-9-18-34(32)41-45-39(29-14-5-2-6-15-29)44-40(46-41)30-24-22-28(23-25-30)33-19-11-21-37-38(33)35-26-31-16-7-10-20-36(31)43-42(35)47-37/h1-28H;1-24H;1-26H. The number of para-hydroxylation sites is 3. The molecule has 19 aromatic carbocycles. The molecule has 17 heteroatoms. The molecule has 0 saturated carbocycles. The topological polar surface area (TPSA) is 220 Å². The number of aromatic nitrogens is 12. The first-order valence-corrected chi connectivity index (χ1v) is 49.2. The Kier molecular flexibility index (Phi) is 21.1. The van der Waals surface area contributed by atoms with E-state index in [9.17, 15) is 0 Å². The Hall–Kier alpha value is -20.6. The maximum atomic E-state index is 6.38. The van der Waals surface area contributed by atoms with Crippen molar-refractivity contribution in [2.45, 2.75) is 0 Å². The van der Waals surface area contributed by atoms with Crippen LogP contribution in [0.15, 0.2) is 496 Å². The Morgan fingerprint density at radius 3 is 0.926 bits per heavy atom. The summed E-state index contributed by atoms with van der Waals surface area (Å²) < 4.78 is 31.4. The van der Waals surface area contributed by atoms with E-state index in [4.69, 9.17) is 71.9 Å². The fourth-order valence-electron chi connectivity index (χ4n) is 20.5. The van der Waals surface area contributed by atoms with Crippen LogP contribution in [-0.2, 0) is 0 Å². The zero-order valence-electron chi connectivity index (χ0n) is 79.4. The smallest absolute Gasteiger partial charge is 0.227 e. The zero-order valence-corrected chi connectivity index (χ0v) is 79.4. The van der Waals surface area contributed by atoms with E-state index in [0.29, 0.717) is 58.1 Å². The van der Waals surface area contributed by atoms with Gasteiger partial charge in [-0.1, -0.05) is 346 Å². The summed E-state index contributed by atoms with van der Waals surface area (Å²) in [6.07, 6.45) is 3.65. The van der Waals surface area contributed by atoms with Gasteiger partial charge in [-0.15, -0.1) is 0 Å². The second-order valence-electron chi connectivity index (χ2n) is 36.8. The molecule has 17 nitrogen and oxygen atoms in total. The molecule has 0 atom stereocenters. The van der Waals surface area contributed by atoms with E-state index < -0.39 is 0 Å². The maximum absolute atomic E-state index is 6.38. The number of fused-ring (bicyclic) bond motifs is 18. The SMILES string of the molecule is c1ccc(-c2ccc(-c3nc(-c4cccc(-c5cccc6oc7cc8cccnc8cc7c56)c4)nc(-c4ccc5c(c4)oc4ccccc45)n3)cc2)cc1.c1ccc(-c2nc(-c3ccc(-c4cccc5oc6nc7ccccc7cc6c45)cc3)nc(-c3ccccc3-c3ccccc3)n2)cc1.c1ccc(-c2nc(-c3cccc(-c4cccc5oc6cc7cccnc7cc6c45)c3)nc(-c3ccc4c(c3)oc3ccccc34)n2)cc1. The van der Waals surface area contributed by atoms with Crippen LogP contribution < -0.4 is 0 Å². The predicted octanol–water partition coefficient (Wildman–Crippen LogP) is 34.1. The molecule has 149 heavy (non-hydrogen) atoms. The van der Waals surface area contributed by atoms with Crippen LogP contribution in [0.1, 0.15) is 0 Å². The van der Waals surface area contributed by atoms with E-state index in [0.717, 1.165) is 243 Å². The Labute approximate surface area is 850 Å². The molecule has 0 bridgehead atoms. The van der Waals surface area contributed by atoms with Gasteiger partial charge in [0.15, 0.2) is 52.4 Å². The third-order valence-corrected chi connectivity index (χ3v) is 27.7. The van der Waals surface area contributed by atoms with E-state index in [2.05, 4.69) is 253 Å². The van der Waals surface area contributed by atoms with Crippen molar-refractivity contribution >= 4 is 143 Å². The number of nitrogens with zero attached hydrogens (tertiary/aromatic N) is 12. The van der Waals surface area contributed by atoms with Crippen molar-refractivity contribution in [1.82, 2.24) is 59.8 Å². The molecule has 0 saturated heterocycles. The molecule has 0 radical (unpaired) electrons. The summed E-state index contributed by atoms with van der Waals surface area (Å²) in [7, 11) is 0. The predicted molar refractivity (Wildman–Crippen MR) is 598 cm³/mol. The van der Waals surface area contributed by atoms with Gasteiger partial charge in [0.2, 0.25) is 5.71 Å². The van der Waals surface area contributed by atoms with Gasteiger partial charge in [0, 0.05) is 132 Å². The van der Waals surface area contributed by atoms with E-state index in [1.165, 1.54) is 0 Å². The summed E-state index contributed by atoms with van der Waals surface area (Å²) in [6.45, 7) is 0. The van der Waals surface area contributed by atoms with E-state index >= 15 is 0 Å². The van der Waals surface area contributed by atoms with Crippen molar-refractivity contribution in [1.29, 1.82) is 0 Å². The van der Waals surface area contributed by atoms with Crippen LogP contribution in [0.25, 0.3) is 301 Å². The molecule has 0 aliphatic rings. The highest BCUT2D eigenvalue weighted by Crippen LogP contribution is 2.46. The third kappa shape index (κ3) is 16.1. The average Bonchev–Trinajstić information content (AvgIpc) is 1.61. The summed E-state index contributed by atoms with van der Waals surface area (Å²) in [5.74, 6) is 5.38. The van der Waals surface area contributed by atoms with Crippen molar-refractivity contribution in [3.05, 3.63) is 473 Å². The molecule has 0 aliphatic heterocycles. The van der Waals surface area contributed by atoms with E-state index in [1.807, 2.05) is 231 Å². The minimum absolute atomic E-state index is 0.567. The lowest BCUT2D eigenvalue weighted by Crippen LogP contribution is -2.01. The first-order chi connectivity index (χ1) is 73.7. The van der Waals surface area contributed by atoms with E-state index in [1.54, 1.807) is 0 Å². The molecule has 11 aromatic heterocycles. The number of hydrogen-bond acceptors (Lipinski definition) is 17. The van der Waals surface area contributed by atoms with Crippen molar-refractivity contribution in [3.8, 4) is 158 Å². The van der Waals surface area contributed by atoms with Crippen molar-refractivity contribution < 1.29 is 22.1 Å². The van der Waals surface area contributed by atoms with Crippen molar-refractivity contribution in [2.75, 3.05) is 0 Å². The minimum Gasteiger partial charge on any atom is -0.456 e. The summed E-state index contributed by atoms with van der Waals surface area (Å²) >= 11 is 0. The Bertz CT molecular complexity index is 10500. The van der Waals surface area contributed by atoms with Gasteiger partial charge >= 0.3 is 0 Å². The molecule has 0 amide bonds. The van der Waals surface area contributed by atoms with Crippen LogP contribution in [-0.4, -0.2) is 59.8 Å². The van der Waals surface area contributed by atoms with Crippen molar-refractivity contribution in [3.63, 3.8) is 0 Å². The highest BCUT2D eigenvalue weighted by molar-refractivity contribution is 6.18. The quantitative estimate of drug-likeness (QED) is 0.0987. The van der Waals surface area contributed by atoms with Crippen LogP contribution >= 0.6 is 0 Å². The Morgan fingerprint density at radius 2 is 0.430 bits per heavy atom. The van der Waals surface area contributed by atoms with Crippen LogP contribution in [0, 0.1) is 0 Å². The van der Waals surface area contributed by atoms with Crippen LogP contribution in [0.5, 0.6) is 0 Å². The first kappa shape index (κ1) is 86.3. The molecule has 0 aliphatic carbocycles. The number of rotatable bonds is 14. The van der Waals surface area contributed by atoms with Crippen LogP contribution in [0.3, 0.4) is 0 Å². The lowest BCUT2D eigenvalue weighted by molar-refractivity contribution is 0.656. The number of hydrogen-bond donors (Lipinski definition) is 0. The van der Waals surface area contributed by atoms with Gasteiger partial charge in [0.25, 0.3) is 0 Å². The van der Waals surface area contributed by atoms with Crippen LogP contribution in [0.4, 0.5) is 0 Å². The zero-order chi connectivity index (χ0) is 98.4. The molecule has 696 valence electrons. The van der Waals surface area contributed by atoms with Gasteiger partial charge in [-0.25, -0.2) is 49.8 Å². The molecular formula is C132H78N12O5. The highest BCUT2D eigenvalue weighted by atomic mass is 16.3. The first-order valence-electron chi connectivity index (χ1n) is 49.2. The molecule has 0 fully saturated rings. The van der Waals surface area contributed by atoms with E-state index in [-0.39, 0.29) is 0 Å². The number of furan rings is 5. The monoisotopic (exact) mass is 1910 g/mol. The molecule has 30 rings (SSSR count). The van der Waals surface area contributed by atoms with Gasteiger partial charge in [-0.2, -0.15) is 0 Å². The number of pyridine rings is 3. The largest absolute Gasteiger partial charge is 0.456 e. The molecule has 0 N–H and O–H groups in total. The lowest BCUT2D eigenvalue weighted by Gasteiger charge is -2.12. The lowest BCUT2D eigenvalue weighted by atomic mass is 9.97. The Balaban J connectivity index is 0.000000108. The van der Waals surface area contributed by atoms with Crippen molar-refractivity contribution in [2.24, 2.45) is 0 Å². The minimum atomic E-state index is 0.567. The molecular weight excluding hydrogens is 1830 g/mol. The molecule has 0 unspecified atom stereocenters. The second kappa shape index (κ2) is 36.4.